The summed E-state index contributed by atoms with van der Waals surface area (Å²) in [5.74, 6) is 0.837. The van der Waals surface area contributed by atoms with Crippen molar-refractivity contribution < 1.29 is 4.74 Å². The molecule has 0 radical (unpaired) electrons. The van der Waals surface area contributed by atoms with Gasteiger partial charge in [-0.3, -0.25) is 0 Å². The van der Waals surface area contributed by atoms with Crippen LogP contribution in [-0.2, 0) is 0 Å². The molecule has 4 heteroatoms. The van der Waals surface area contributed by atoms with Crippen molar-refractivity contribution in [2.45, 2.75) is 0 Å². The fourth-order valence-corrected chi connectivity index (χ4v) is 1.33. The molecule has 2 rings (SSSR count). The lowest BCUT2D eigenvalue weighted by molar-refractivity contribution is 0.415. The molecule has 0 aliphatic heterocycles. The predicted octanol–water partition coefficient (Wildman–Crippen LogP) is 3.31. The summed E-state index contributed by atoms with van der Waals surface area (Å²) >= 11 is 3.29. The van der Waals surface area contributed by atoms with E-state index in [1.54, 1.807) is 19.2 Å². The summed E-state index contributed by atoms with van der Waals surface area (Å²) in [6.07, 6.45) is 0. The second-order valence-corrected chi connectivity index (χ2v) is 4.24. The Kier molecular flexibility index (Phi) is 5.36. The highest BCUT2D eigenvalue weighted by molar-refractivity contribution is 9.10. The van der Waals surface area contributed by atoms with Crippen LogP contribution in [0.4, 0.5) is 11.4 Å². The summed E-state index contributed by atoms with van der Waals surface area (Å²) in [6.45, 7) is 0. The first-order chi connectivity index (χ1) is 8.11. The zero-order valence-corrected chi connectivity index (χ0v) is 11.1. The van der Waals surface area contributed by atoms with Crippen molar-refractivity contribution in [1.82, 2.24) is 0 Å². The Morgan fingerprint density at radius 1 is 0.824 bits per heavy atom. The zero-order chi connectivity index (χ0) is 12.7. The van der Waals surface area contributed by atoms with Gasteiger partial charge in [0.05, 0.1) is 7.11 Å². The average molecular weight is 295 g/mol. The van der Waals surface area contributed by atoms with E-state index in [0.717, 1.165) is 21.6 Å². The number of halogens is 1. The molecule has 3 nitrogen and oxygen atoms in total. The third-order valence-corrected chi connectivity index (χ3v) is 2.51. The number of anilines is 2. The molecule has 0 fully saturated rings. The molecule has 0 atom stereocenters. The van der Waals surface area contributed by atoms with Crippen LogP contribution in [0.25, 0.3) is 0 Å². The zero-order valence-electron chi connectivity index (χ0n) is 9.56. The van der Waals surface area contributed by atoms with E-state index in [4.69, 9.17) is 16.2 Å². The summed E-state index contributed by atoms with van der Waals surface area (Å²) in [6, 6.07) is 14.8. The first-order valence-corrected chi connectivity index (χ1v) is 5.81. The first kappa shape index (κ1) is 13.4. The molecule has 17 heavy (non-hydrogen) atoms. The molecule has 2 aromatic rings. The minimum Gasteiger partial charge on any atom is -0.497 e. The van der Waals surface area contributed by atoms with Crippen LogP contribution in [0, 0.1) is 0 Å². The Morgan fingerprint density at radius 3 is 1.59 bits per heavy atom. The van der Waals surface area contributed by atoms with Gasteiger partial charge in [-0.25, -0.2) is 0 Å². The average Bonchev–Trinajstić information content (AvgIpc) is 2.35. The topological polar surface area (TPSA) is 61.3 Å². The molecule has 4 N–H and O–H groups in total. The van der Waals surface area contributed by atoms with Gasteiger partial charge in [-0.2, -0.15) is 0 Å². The van der Waals surface area contributed by atoms with E-state index in [1.807, 2.05) is 36.4 Å². The monoisotopic (exact) mass is 294 g/mol. The molecular weight excluding hydrogens is 280 g/mol. The molecule has 0 amide bonds. The number of hydrogen-bond donors (Lipinski definition) is 2. The maximum atomic E-state index is 5.43. The third-order valence-electron chi connectivity index (χ3n) is 1.99. The van der Waals surface area contributed by atoms with E-state index in [0.29, 0.717) is 0 Å². The lowest BCUT2D eigenvalue weighted by Crippen LogP contribution is -1.84. The van der Waals surface area contributed by atoms with Crippen LogP contribution in [0.5, 0.6) is 5.75 Å². The van der Waals surface area contributed by atoms with E-state index in [-0.39, 0.29) is 0 Å². The maximum Gasteiger partial charge on any atom is 0.119 e. The van der Waals surface area contributed by atoms with Gasteiger partial charge in [0.25, 0.3) is 0 Å². The molecule has 0 aliphatic rings. The molecule has 90 valence electrons. The highest BCUT2D eigenvalue weighted by Gasteiger charge is 1.86. The molecule has 0 saturated heterocycles. The summed E-state index contributed by atoms with van der Waals surface area (Å²) in [5, 5.41) is 0. The number of hydrogen-bond acceptors (Lipinski definition) is 3. The first-order valence-electron chi connectivity index (χ1n) is 5.02. The van der Waals surface area contributed by atoms with Gasteiger partial charge >= 0.3 is 0 Å². The van der Waals surface area contributed by atoms with Gasteiger partial charge in [-0.05, 0) is 48.5 Å². The van der Waals surface area contributed by atoms with E-state index in [1.165, 1.54) is 0 Å². The molecule has 2 aromatic carbocycles. The fourth-order valence-electron chi connectivity index (χ4n) is 1.07. The number of nitrogen functional groups attached to an aromatic ring is 2. The maximum absolute atomic E-state index is 5.43. The Hall–Kier alpha value is -1.68. The van der Waals surface area contributed by atoms with Crippen LogP contribution >= 0.6 is 15.9 Å². The number of ether oxygens (including phenoxy) is 1. The van der Waals surface area contributed by atoms with Gasteiger partial charge in [0, 0.05) is 15.8 Å². The van der Waals surface area contributed by atoms with Gasteiger partial charge in [0.15, 0.2) is 0 Å². The Bertz CT molecular complexity index is 419. The van der Waals surface area contributed by atoms with Crippen LogP contribution in [0.1, 0.15) is 0 Å². The number of methoxy groups -OCH3 is 1. The fraction of sp³-hybridized carbons (Fsp3) is 0.0769. The number of benzene rings is 2. The number of nitrogens with two attached hydrogens (primary N) is 2. The summed E-state index contributed by atoms with van der Waals surface area (Å²) in [5.41, 5.74) is 12.4. The van der Waals surface area contributed by atoms with Crippen LogP contribution < -0.4 is 16.2 Å². The lowest BCUT2D eigenvalue weighted by Gasteiger charge is -1.97. The van der Waals surface area contributed by atoms with Crippen molar-refractivity contribution in [3.63, 3.8) is 0 Å². The van der Waals surface area contributed by atoms with Crippen LogP contribution in [0.15, 0.2) is 53.0 Å². The van der Waals surface area contributed by atoms with Crippen LogP contribution in [0.2, 0.25) is 0 Å². The highest BCUT2D eigenvalue weighted by atomic mass is 79.9. The molecule has 0 aromatic heterocycles. The van der Waals surface area contributed by atoms with Crippen molar-refractivity contribution in [2.24, 2.45) is 0 Å². The van der Waals surface area contributed by atoms with Crippen molar-refractivity contribution >= 4 is 27.3 Å². The van der Waals surface area contributed by atoms with Crippen molar-refractivity contribution in [2.75, 3.05) is 18.6 Å². The summed E-state index contributed by atoms with van der Waals surface area (Å²) in [7, 11) is 1.63. The molecule has 0 aliphatic carbocycles. The summed E-state index contributed by atoms with van der Waals surface area (Å²) in [4.78, 5) is 0. The van der Waals surface area contributed by atoms with Gasteiger partial charge in [-0.1, -0.05) is 15.9 Å². The van der Waals surface area contributed by atoms with Gasteiger partial charge < -0.3 is 16.2 Å². The van der Waals surface area contributed by atoms with Crippen molar-refractivity contribution in [1.29, 1.82) is 0 Å². The molecule has 0 heterocycles. The van der Waals surface area contributed by atoms with Crippen LogP contribution in [0.3, 0.4) is 0 Å². The minimum atomic E-state index is 0.760. The standard InChI is InChI=1S/C7H9NO.C6H6BrN/c1-9-7-4-2-6(8)3-5-7;7-5-1-3-6(8)4-2-5/h2-5H,8H2,1H3;1-4H,8H2. The molecule has 0 spiro atoms. The van der Waals surface area contributed by atoms with Crippen LogP contribution in [-0.4, -0.2) is 7.11 Å². The van der Waals surface area contributed by atoms with E-state index >= 15 is 0 Å². The SMILES string of the molecule is COc1ccc(N)cc1.Nc1ccc(Br)cc1. The lowest BCUT2D eigenvalue weighted by atomic mass is 10.3. The molecule has 0 bridgehead atoms. The molecule has 0 unspecified atom stereocenters. The minimum absolute atomic E-state index is 0.760. The third kappa shape index (κ3) is 5.26. The smallest absolute Gasteiger partial charge is 0.119 e. The Balaban J connectivity index is 0.000000171. The van der Waals surface area contributed by atoms with E-state index in [9.17, 15) is 0 Å². The summed E-state index contributed by atoms with van der Waals surface area (Å²) < 4.78 is 5.98. The van der Waals surface area contributed by atoms with Crippen molar-refractivity contribution in [3.05, 3.63) is 53.0 Å². The highest BCUT2D eigenvalue weighted by Crippen LogP contribution is 2.11. The van der Waals surface area contributed by atoms with Crippen molar-refractivity contribution in [3.8, 4) is 5.75 Å². The van der Waals surface area contributed by atoms with Gasteiger partial charge in [-0.15, -0.1) is 0 Å². The van der Waals surface area contributed by atoms with E-state index in [2.05, 4.69) is 15.9 Å². The number of rotatable bonds is 1. The quantitative estimate of drug-likeness (QED) is 0.793. The predicted molar refractivity (Wildman–Crippen MR) is 76.0 cm³/mol. The van der Waals surface area contributed by atoms with Gasteiger partial charge in [0.1, 0.15) is 5.75 Å². The van der Waals surface area contributed by atoms with Gasteiger partial charge in [0.2, 0.25) is 0 Å². The second kappa shape index (κ2) is 6.81. The molecular formula is C13H15BrN2O. The largest absolute Gasteiger partial charge is 0.497 e. The second-order valence-electron chi connectivity index (χ2n) is 3.32. The normalized spacial score (nSPS) is 9.06. The molecule has 0 saturated carbocycles. The Morgan fingerprint density at radius 2 is 1.24 bits per heavy atom. The Labute approximate surface area is 110 Å². The van der Waals surface area contributed by atoms with E-state index < -0.39 is 0 Å².